The van der Waals surface area contributed by atoms with Crippen molar-refractivity contribution in [3.8, 4) is 11.5 Å². The maximum Gasteiger partial charge on any atom is 0.251 e. The predicted molar refractivity (Wildman–Crippen MR) is 131 cm³/mol. The Morgan fingerprint density at radius 2 is 1.94 bits per heavy atom. The van der Waals surface area contributed by atoms with Crippen molar-refractivity contribution in [3.63, 3.8) is 0 Å². The standard InChI is InChI=1S/C23H26N6O4S/c1-24-10-15-11-26-29(13-15)12-14-7-18(32-4)21-19(8-14)33-27-22(21)28-34-20-6-5-16(23(30)25-2)9-17(20)31-3/h5-9,11,13,24H,10,12H2,1-4H3,(H,25,30)(H,27,28). The van der Waals surface area contributed by atoms with Crippen LogP contribution in [-0.4, -0.2) is 49.2 Å². The third kappa shape index (κ3) is 4.95. The molecule has 178 valence electrons. The fourth-order valence-electron chi connectivity index (χ4n) is 3.53. The van der Waals surface area contributed by atoms with Crippen molar-refractivity contribution < 1.29 is 18.8 Å². The monoisotopic (exact) mass is 482 g/mol. The number of hydrogen-bond acceptors (Lipinski definition) is 9. The Bertz CT molecular complexity index is 1300. The number of ether oxygens (including phenoxy) is 2. The van der Waals surface area contributed by atoms with Gasteiger partial charge >= 0.3 is 0 Å². The molecule has 0 aliphatic carbocycles. The van der Waals surface area contributed by atoms with Gasteiger partial charge in [0.05, 0.1) is 31.9 Å². The highest BCUT2D eigenvalue weighted by molar-refractivity contribution is 8.00. The molecule has 0 saturated carbocycles. The second-order valence-electron chi connectivity index (χ2n) is 7.43. The molecule has 0 fully saturated rings. The Labute approximate surface area is 201 Å². The van der Waals surface area contributed by atoms with Gasteiger partial charge in [0.1, 0.15) is 16.9 Å². The first-order chi connectivity index (χ1) is 16.6. The summed E-state index contributed by atoms with van der Waals surface area (Å²) in [5.74, 6) is 1.55. The van der Waals surface area contributed by atoms with Gasteiger partial charge in [-0.1, -0.05) is 5.16 Å². The van der Waals surface area contributed by atoms with Crippen LogP contribution >= 0.6 is 11.9 Å². The third-order valence-corrected chi connectivity index (χ3v) is 5.99. The van der Waals surface area contributed by atoms with E-state index in [4.69, 9.17) is 14.0 Å². The highest BCUT2D eigenvalue weighted by Crippen LogP contribution is 2.37. The molecule has 3 N–H and O–H groups in total. The van der Waals surface area contributed by atoms with Crippen molar-refractivity contribution in [2.75, 3.05) is 33.0 Å². The number of carbonyl (C=O) groups excluding carboxylic acids is 1. The van der Waals surface area contributed by atoms with Gasteiger partial charge in [0.15, 0.2) is 11.4 Å². The summed E-state index contributed by atoms with van der Waals surface area (Å²) in [4.78, 5) is 12.7. The number of benzene rings is 2. The van der Waals surface area contributed by atoms with Gasteiger partial charge in [-0.3, -0.25) is 9.48 Å². The fraction of sp³-hybridized carbons (Fsp3) is 0.261. The number of fused-ring (bicyclic) bond motifs is 1. The van der Waals surface area contributed by atoms with Gasteiger partial charge in [0.25, 0.3) is 5.91 Å². The number of aromatic nitrogens is 3. The second-order valence-corrected chi connectivity index (χ2v) is 8.28. The first-order valence-corrected chi connectivity index (χ1v) is 11.3. The zero-order valence-corrected chi connectivity index (χ0v) is 20.2. The van der Waals surface area contributed by atoms with Crippen LogP contribution in [0.1, 0.15) is 21.5 Å². The average Bonchev–Trinajstić information content (AvgIpc) is 3.48. The normalized spacial score (nSPS) is 10.9. The lowest BCUT2D eigenvalue weighted by molar-refractivity contribution is 0.0962. The summed E-state index contributed by atoms with van der Waals surface area (Å²) in [6.45, 7) is 1.33. The first kappa shape index (κ1) is 23.5. The molecule has 2 heterocycles. The Morgan fingerprint density at radius 3 is 2.68 bits per heavy atom. The lowest BCUT2D eigenvalue weighted by Gasteiger charge is -2.11. The Kier molecular flexibility index (Phi) is 7.24. The quantitative estimate of drug-likeness (QED) is 0.293. The zero-order valence-electron chi connectivity index (χ0n) is 19.3. The average molecular weight is 483 g/mol. The molecule has 0 unspecified atom stereocenters. The maximum atomic E-state index is 11.9. The van der Waals surface area contributed by atoms with E-state index < -0.39 is 0 Å². The molecule has 0 spiro atoms. The largest absolute Gasteiger partial charge is 0.496 e. The molecule has 10 nitrogen and oxygen atoms in total. The zero-order chi connectivity index (χ0) is 24.1. The molecule has 11 heteroatoms. The molecular formula is C23H26N6O4S. The van der Waals surface area contributed by atoms with Gasteiger partial charge in [-0.2, -0.15) is 5.10 Å². The second kappa shape index (κ2) is 10.5. The maximum absolute atomic E-state index is 11.9. The minimum absolute atomic E-state index is 0.181. The van der Waals surface area contributed by atoms with Crippen molar-refractivity contribution in [1.82, 2.24) is 25.6 Å². The van der Waals surface area contributed by atoms with E-state index >= 15 is 0 Å². The Morgan fingerprint density at radius 1 is 1.12 bits per heavy atom. The molecule has 0 aliphatic rings. The summed E-state index contributed by atoms with van der Waals surface area (Å²) in [6.07, 6.45) is 3.84. The van der Waals surface area contributed by atoms with Crippen LogP contribution in [0.3, 0.4) is 0 Å². The molecule has 2 aromatic carbocycles. The van der Waals surface area contributed by atoms with E-state index in [2.05, 4.69) is 25.6 Å². The third-order valence-electron chi connectivity index (χ3n) is 5.14. The van der Waals surface area contributed by atoms with E-state index in [0.717, 1.165) is 28.0 Å². The first-order valence-electron chi connectivity index (χ1n) is 10.5. The van der Waals surface area contributed by atoms with Crippen LogP contribution in [0.5, 0.6) is 11.5 Å². The number of nitrogens with one attached hydrogen (secondary N) is 3. The van der Waals surface area contributed by atoms with Crippen molar-refractivity contribution in [2.45, 2.75) is 18.0 Å². The SMILES string of the molecule is CNCc1cnn(Cc2cc(OC)c3c(NSc4ccc(C(=O)NC)cc4OC)noc3c2)c1. The number of amides is 1. The van der Waals surface area contributed by atoms with Gasteiger partial charge in [-0.05, 0) is 54.9 Å². The fourth-order valence-corrected chi connectivity index (χ4v) is 4.25. The van der Waals surface area contributed by atoms with E-state index in [-0.39, 0.29) is 5.91 Å². The van der Waals surface area contributed by atoms with Crippen LogP contribution in [-0.2, 0) is 13.1 Å². The lowest BCUT2D eigenvalue weighted by atomic mass is 10.1. The number of nitrogens with zero attached hydrogens (tertiary/aromatic N) is 3. The topological polar surface area (TPSA) is 115 Å². The van der Waals surface area contributed by atoms with Crippen molar-refractivity contribution in [1.29, 1.82) is 0 Å². The molecular weight excluding hydrogens is 456 g/mol. The molecule has 4 aromatic rings. The summed E-state index contributed by atoms with van der Waals surface area (Å²) < 4.78 is 21.8. The van der Waals surface area contributed by atoms with E-state index in [1.807, 2.05) is 42.3 Å². The number of hydrogen-bond donors (Lipinski definition) is 3. The Hall–Kier alpha value is -3.70. The summed E-state index contributed by atoms with van der Waals surface area (Å²) in [6, 6.07) is 9.11. The molecule has 34 heavy (non-hydrogen) atoms. The van der Waals surface area contributed by atoms with Gasteiger partial charge < -0.3 is 29.4 Å². The highest BCUT2D eigenvalue weighted by atomic mass is 32.2. The van der Waals surface area contributed by atoms with Gasteiger partial charge in [-0.25, -0.2) is 0 Å². The Balaban J connectivity index is 1.55. The summed E-state index contributed by atoms with van der Waals surface area (Å²) in [5, 5.41) is 15.1. The molecule has 0 saturated heterocycles. The molecule has 1 amide bonds. The van der Waals surface area contributed by atoms with E-state index in [1.54, 1.807) is 33.4 Å². The molecule has 4 rings (SSSR count). The van der Waals surface area contributed by atoms with Gasteiger partial charge in [0, 0.05) is 30.9 Å². The lowest BCUT2D eigenvalue weighted by Crippen LogP contribution is -2.17. The van der Waals surface area contributed by atoms with E-state index in [0.29, 0.717) is 35.0 Å². The minimum Gasteiger partial charge on any atom is -0.496 e. The van der Waals surface area contributed by atoms with Gasteiger partial charge in [-0.15, -0.1) is 0 Å². The van der Waals surface area contributed by atoms with Crippen LogP contribution in [0.25, 0.3) is 11.0 Å². The summed E-state index contributed by atoms with van der Waals surface area (Å²) >= 11 is 1.30. The molecule has 0 aliphatic heterocycles. The number of anilines is 1. The van der Waals surface area contributed by atoms with Crippen LogP contribution in [0.15, 0.2) is 52.1 Å². The highest BCUT2D eigenvalue weighted by Gasteiger charge is 2.17. The molecule has 0 bridgehead atoms. The van der Waals surface area contributed by atoms with Crippen LogP contribution < -0.4 is 24.8 Å². The van der Waals surface area contributed by atoms with Crippen LogP contribution in [0.4, 0.5) is 5.82 Å². The summed E-state index contributed by atoms with van der Waals surface area (Å²) in [5.41, 5.74) is 3.20. The molecule has 0 atom stereocenters. The smallest absolute Gasteiger partial charge is 0.251 e. The summed E-state index contributed by atoms with van der Waals surface area (Å²) in [7, 11) is 6.66. The predicted octanol–water partition coefficient (Wildman–Crippen LogP) is 3.29. The number of methoxy groups -OCH3 is 2. The molecule has 0 radical (unpaired) electrons. The number of rotatable bonds is 10. The molecule has 2 aromatic heterocycles. The van der Waals surface area contributed by atoms with Crippen molar-refractivity contribution >= 4 is 34.6 Å². The van der Waals surface area contributed by atoms with E-state index in [1.165, 1.54) is 11.9 Å². The van der Waals surface area contributed by atoms with Gasteiger partial charge in [0.2, 0.25) is 0 Å². The number of carbonyl (C=O) groups is 1. The van der Waals surface area contributed by atoms with Crippen LogP contribution in [0.2, 0.25) is 0 Å². The van der Waals surface area contributed by atoms with Crippen LogP contribution in [0, 0.1) is 0 Å². The minimum atomic E-state index is -0.181. The van der Waals surface area contributed by atoms with Crippen molar-refractivity contribution in [3.05, 3.63) is 59.4 Å². The van der Waals surface area contributed by atoms with E-state index in [9.17, 15) is 4.79 Å². The van der Waals surface area contributed by atoms with Crippen molar-refractivity contribution in [2.24, 2.45) is 0 Å².